The number of carbonyl (C=O) groups excluding carboxylic acids is 3. The van der Waals surface area contributed by atoms with E-state index < -0.39 is 23.6 Å². The molecule has 1 atom stereocenters. The minimum Gasteiger partial charge on any atom is -0.326 e. The first kappa shape index (κ1) is 20.9. The molecule has 1 N–H and O–H groups in total. The van der Waals surface area contributed by atoms with Gasteiger partial charge in [0.15, 0.2) is 0 Å². The van der Waals surface area contributed by atoms with Gasteiger partial charge in [-0.25, -0.2) is 0 Å². The number of nitrogens with zero attached hydrogens (tertiary/aromatic N) is 2. The Labute approximate surface area is 176 Å². The van der Waals surface area contributed by atoms with Crippen LogP contribution in [-0.2, 0) is 27.0 Å². The summed E-state index contributed by atoms with van der Waals surface area (Å²) in [6, 6.07) is 9.61. The van der Waals surface area contributed by atoms with Crippen LogP contribution in [0.5, 0.6) is 0 Å². The standard InChI is InChI=1S/C22H20F3N3O3/c1-13(29)27-9-8-14-10-18(6-7-19(14)27)28-12-15(11-20(28)30)21(31)26-17-4-2-16(3-5-17)22(23,24)25/h2-7,10,15H,8-9,11-12H2,1H3,(H,26,31). The molecule has 0 saturated carbocycles. The second kappa shape index (κ2) is 7.72. The lowest BCUT2D eigenvalue weighted by Gasteiger charge is -2.19. The molecule has 1 fully saturated rings. The van der Waals surface area contributed by atoms with E-state index in [4.69, 9.17) is 0 Å². The van der Waals surface area contributed by atoms with Crippen LogP contribution in [0.4, 0.5) is 30.2 Å². The highest BCUT2D eigenvalue weighted by Crippen LogP contribution is 2.34. The molecule has 3 amide bonds. The zero-order valence-corrected chi connectivity index (χ0v) is 16.7. The minimum atomic E-state index is -4.45. The molecule has 1 saturated heterocycles. The van der Waals surface area contributed by atoms with E-state index in [1.54, 1.807) is 11.0 Å². The van der Waals surface area contributed by atoms with E-state index in [1.165, 1.54) is 24.0 Å². The number of alkyl halides is 3. The Morgan fingerprint density at radius 2 is 1.81 bits per heavy atom. The minimum absolute atomic E-state index is 0.0170. The predicted molar refractivity (Wildman–Crippen MR) is 109 cm³/mol. The van der Waals surface area contributed by atoms with Crippen LogP contribution >= 0.6 is 0 Å². The fourth-order valence-corrected chi connectivity index (χ4v) is 4.00. The Morgan fingerprint density at radius 1 is 1.10 bits per heavy atom. The Balaban J connectivity index is 1.44. The number of nitrogens with one attached hydrogen (secondary N) is 1. The van der Waals surface area contributed by atoms with Gasteiger partial charge >= 0.3 is 6.18 Å². The SMILES string of the molecule is CC(=O)N1CCc2cc(N3CC(C(=O)Nc4ccc(C(F)(F)F)cc4)CC3=O)ccc21. The molecule has 0 aliphatic carbocycles. The molecule has 0 aromatic heterocycles. The quantitative estimate of drug-likeness (QED) is 0.807. The summed E-state index contributed by atoms with van der Waals surface area (Å²) < 4.78 is 38.0. The fourth-order valence-electron chi connectivity index (χ4n) is 4.00. The third-order valence-corrected chi connectivity index (χ3v) is 5.63. The largest absolute Gasteiger partial charge is 0.416 e. The highest BCUT2D eigenvalue weighted by Gasteiger charge is 2.36. The van der Waals surface area contributed by atoms with Crippen molar-refractivity contribution in [2.24, 2.45) is 5.92 Å². The first-order chi connectivity index (χ1) is 14.6. The molecular formula is C22H20F3N3O3. The van der Waals surface area contributed by atoms with Crippen molar-refractivity contribution in [1.82, 2.24) is 0 Å². The summed E-state index contributed by atoms with van der Waals surface area (Å²) in [5.74, 6) is -1.27. The monoisotopic (exact) mass is 431 g/mol. The van der Waals surface area contributed by atoms with Crippen LogP contribution < -0.4 is 15.1 Å². The molecule has 0 radical (unpaired) electrons. The van der Waals surface area contributed by atoms with Crippen LogP contribution in [-0.4, -0.2) is 30.8 Å². The number of hydrogen-bond donors (Lipinski definition) is 1. The summed E-state index contributed by atoms with van der Waals surface area (Å²) in [5, 5.41) is 2.59. The second-order valence-corrected chi connectivity index (χ2v) is 7.70. The summed E-state index contributed by atoms with van der Waals surface area (Å²) >= 11 is 0. The van der Waals surface area contributed by atoms with E-state index in [1.807, 2.05) is 12.1 Å². The van der Waals surface area contributed by atoms with Gasteiger partial charge in [-0.3, -0.25) is 14.4 Å². The van der Waals surface area contributed by atoms with Crippen molar-refractivity contribution in [3.63, 3.8) is 0 Å². The fraction of sp³-hybridized carbons (Fsp3) is 0.318. The molecule has 2 aliphatic heterocycles. The Hall–Kier alpha value is -3.36. The number of amides is 3. The van der Waals surface area contributed by atoms with Crippen LogP contribution in [0.1, 0.15) is 24.5 Å². The third-order valence-electron chi connectivity index (χ3n) is 5.63. The van der Waals surface area contributed by atoms with Gasteiger partial charge in [0.2, 0.25) is 17.7 Å². The zero-order chi connectivity index (χ0) is 22.3. The van der Waals surface area contributed by atoms with Crippen molar-refractivity contribution in [2.75, 3.05) is 28.2 Å². The summed E-state index contributed by atoms with van der Waals surface area (Å²) in [6.45, 7) is 2.29. The molecule has 2 aromatic rings. The van der Waals surface area contributed by atoms with Crippen LogP contribution in [0, 0.1) is 5.92 Å². The van der Waals surface area contributed by atoms with E-state index in [2.05, 4.69) is 5.32 Å². The number of rotatable bonds is 3. The summed E-state index contributed by atoms with van der Waals surface area (Å²) in [4.78, 5) is 40.0. The number of anilines is 3. The third kappa shape index (κ3) is 4.12. The highest BCUT2D eigenvalue weighted by molar-refractivity contribution is 6.04. The van der Waals surface area contributed by atoms with Crippen molar-refractivity contribution >= 4 is 34.8 Å². The normalized spacial score (nSPS) is 18.3. The van der Waals surface area contributed by atoms with Crippen molar-refractivity contribution in [1.29, 1.82) is 0 Å². The number of benzene rings is 2. The summed E-state index contributed by atoms with van der Waals surface area (Å²) in [5.41, 5.74) is 1.91. The van der Waals surface area contributed by atoms with Gasteiger partial charge in [0.05, 0.1) is 11.5 Å². The highest BCUT2D eigenvalue weighted by atomic mass is 19.4. The first-order valence-electron chi connectivity index (χ1n) is 9.83. The van der Waals surface area contributed by atoms with Crippen LogP contribution in [0.2, 0.25) is 0 Å². The molecule has 2 aliphatic rings. The molecule has 6 nitrogen and oxygen atoms in total. The van der Waals surface area contributed by atoms with E-state index in [-0.39, 0.29) is 30.5 Å². The molecule has 1 unspecified atom stereocenters. The Morgan fingerprint density at radius 3 is 2.45 bits per heavy atom. The van der Waals surface area contributed by atoms with Crippen molar-refractivity contribution < 1.29 is 27.6 Å². The van der Waals surface area contributed by atoms with Gasteiger partial charge in [0.25, 0.3) is 0 Å². The maximum atomic E-state index is 12.7. The molecule has 162 valence electrons. The molecule has 2 aromatic carbocycles. The lowest BCUT2D eigenvalue weighted by molar-refractivity contribution is -0.137. The second-order valence-electron chi connectivity index (χ2n) is 7.70. The Bertz CT molecular complexity index is 1050. The van der Waals surface area contributed by atoms with Crippen molar-refractivity contribution in [3.05, 3.63) is 53.6 Å². The molecule has 0 bridgehead atoms. The number of carbonyl (C=O) groups is 3. The van der Waals surface area contributed by atoms with Crippen LogP contribution in [0.15, 0.2) is 42.5 Å². The maximum absolute atomic E-state index is 12.7. The maximum Gasteiger partial charge on any atom is 0.416 e. The van der Waals surface area contributed by atoms with Crippen molar-refractivity contribution in [3.8, 4) is 0 Å². The molecule has 4 rings (SSSR count). The van der Waals surface area contributed by atoms with Gasteiger partial charge < -0.3 is 15.1 Å². The van der Waals surface area contributed by atoms with Gasteiger partial charge in [-0.15, -0.1) is 0 Å². The first-order valence-corrected chi connectivity index (χ1v) is 9.83. The van der Waals surface area contributed by atoms with Gasteiger partial charge in [-0.1, -0.05) is 0 Å². The predicted octanol–water partition coefficient (Wildman–Crippen LogP) is 3.61. The van der Waals surface area contributed by atoms with E-state index in [0.717, 1.165) is 23.4 Å². The zero-order valence-electron chi connectivity index (χ0n) is 16.7. The smallest absolute Gasteiger partial charge is 0.326 e. The summed E-state index contributed by atoms with van der Waals surface area (Å²) in [6.07, 6.45) is -3.73. The van der Waals surface area contributed by atoms with Gasteiger partial charge in [0.1, 0.15) is 0 Å². The Kier molecular flexibility index (Phi) is 5.20. The molecular weight excluding hydrogens is 411 g/mol. The molecule has 2 heterocycles. The number of halogens is 3. The topological polar surface area (TPSA) is 69.7 Å². The molecule has 31 heavy (non-hydrogen) atoms. The lowest BCUT2D eigenvalue weighted by atomic mass is 10.1. The average Bonchev–Trinajstić information content (AvgIpc) is 3.30. The van der Waals surface area contributed by atoms with E-state index in [0.29, 0.717) is 18.7 Å². The van der Waals surface area contributed by atoms with Gasteiger partial charge in [0, 0.05) is 43.5 Å². The van der Waals surface area contributed by atoms with Crippen LogP contribution in [0.3, 0.4) is 0 Å². The van der Waals surface area contributed by atoms with E-state index in [9.17, 15) is 27.6 Å². The number of fused-ring (bicyclic) bond motifs is 1. The van der Waals surface area contributed by atoms with Gasteiger partial charge in [-0.2, -0.15) is 13.2 Å². The number of hydrogen-bond acceptors (Lipinski definition) is 3. The lowest BCUT2D eigenvalue weighted by Crippen LogP contribution is -2.28. The molecule has 9 heteroatoms. The van der Waals surface area contributed by atoms with Crippen molar-refractivity contribution in [2.45, 2.75) is 25.9 Å². The van der Waals surface area contributed by atoms with E-state index >= 15 is 0 Å². The van der Waals surface area contributed by atoms with Gasteiger partial charge in [-0.05, 0) is 54.4 Å². The average molecular weight is 431 g/mol. The summed E-state index contributed by atoms with van der Waals surface area (Å²) in [7, 11) is 0. The molecule has 0 spiro atoms. The van der Waals surface area contributed by atoms with Crippen LogP contribution in [0.25, 0.3) is 0 Å².